The van der Waals surface area contributed by atoms with Crippen LogP contribution in [0.15, 0.2) is 212 Å². The van der Waals surface area contributed by atoms with Crippen molar-refractivity contribution in [3.63, 3.8) is 0 Å². The van der Waals surface area contributed by atoms with E-state index in [2.05, 4.69) is 217 Å². The topological polar surface area (TPSA) is 4.93 Å². The molecule has 0 N–H and O–H groups in total. The predicted octanol–water partition coefficient (Wildman–Crippen LogP) is 15.3. The van der Waals surface area contributed by atoms with Gasteiger partial charge >= 0.3 is 0 Å². The Morgan fingerprint density at radius 2 is 0.793 bits per heavy atom. The van der Waals surface area contributed by atoms with Crippen LogP contribution < -0.4 is 0 Å². The normalized spacial score (nSPS) is 12.1. The van der Waals surface area contributed by atoms with Gasteiger partial charge in [0.05, 0.1) is 11.0 Å². The molecule has 270 valence electrons. The van der Waals surface area contributed by atoms with Gasteiger partial charge in [-0.15, -0.1) is 0 Å². The number of aromatic nitrogens is 1. The van der Waals surface area contributed by atoms with Gasteiger partial charge in [-0.3, -0.25) is 0 Å². The van der Waals surface area contributed by atoms with Gasteiger partial charge in [-0.05, 0) is 125 Å². The van der Waals surface area contributed by atoms with Crippen molar-refractivity contribution < 1.29 is 0 Å². The Hall–Kier alpha value is -7.48. The number of para-hydroxylation sites is 1. The molecule has 1 aliphatic rings. The lowest BCUT2D eigenvalue weighted by Gasteiger charge is -2.18. The van der Waals surface area contributed by atoms with E-state index in [-0.39, 0.29) is 0 Å². The molecular weight excluding hydrogens is 699 g/mol. The standard InChI is InChI=1S/C57H37N/c1-2-14-37(15-3-1)56-49-21-6-8-23-51(49)57(52-24-9-7-22-50(52)56)38-28-31-43(32-29-38)58-54-27-11-10-20-47(54)48-33-30-40(36-55(48)58)39-17-12-18-41(34-39)45-25-13-26-46-44-19-5-4-16-42(44)35-53(45)46/h1-34,36H,35H2. The molecule has 0 radical (unpaired) electrons. The summed E-state index contributed by atoms with van der Waals surface area (Å²) in [4.78, 5) is 0. The Morgan fingerprint density at radius 3 is 1.53 bits per heavy atom. The summed E-state index contributed by atoms with van der Waals surface area (Å²) in [6.07, 6.45) is 0.974. The summed E-state index contributed by atoms with van der Waals surface area (Å²) in [6.45, 7) is 0. The Balaban J connectivity index is 0.986. The van der Waals surface area contributed by atoms with Gasteiger partial charge in [0, 0.05) is 16.5 Å². The largest absolute Gasteiger partial charge is 0.309 e. The molecule has 1 heteroatoms. The number of rotatable bonds is 5. The summed E-state index contributed by atoms with van der Waals surface area (Å²) >= 11 is 0. The second-order valence-electron chi connectivity index (χ2n) is 15.6. The highest BCUT2D eigenvalue weighted by Gasteiger charge is 2.22. The van der Waals surface area contributed by atoms with Gasteiger partial charge in [0.1, 0.15) is 0 Å². The first-order valence-electron chi connectivity index (χ1n) is 20.2. The molecule has 0 amide bonds. The van der Waals surface area contributed by atoms with E-state index in [1.54, 1.807) is 0 Å². The average Bonchev–Trinajstić information content (AvgIpc) is 3.84. The maximum absolute atomic E-state index is 2.44. The zero-order valence-electron chi connectivity index (χ0n) is 31.9. The summed E-state index contributed by atoms with van der Waals surface area (Å²) in [5, 5.41) is 7.59. The molecule has 0 aliphatic heterocycles. The first kappa shape index (κ1) is 32.7. The molecule has 10 aromatic carbocycles. The van der Waals surface area contributed by atoms with E-state index < -0.39 is 0 Å². The summed E-state index contributed by atoms with van der Waals surface area (Å²) < 4.78 is 2.44. The molecule has 1 aromatic heterocycles. The first-order valence-corrected chi connectivity index (χ1v) is 20.2. The van der Waals surface area contributed by atoms with Crippen LogP contribution in [0, 0.1) is 0 Å². The predicted molar refractivity (Wildman–Crippen MR) is 246 cm³/mol. The Labute approximate surface area is 337 Å². The van der Waals surface area contributed by atoms with Crippen LogP contribution in [0.5, 0.6) is 0 Å². The van der Waals surface area contributed by atoms with E-state index in [0.29, 0.717) is 0 Å². The monoisotopic (exact) mass is 735 g/mol. The van der Waals surface area contributed by atoms with Crippen molar-refractivity contribution in [2.24, 2.45) is 0 Å². The fourth-order valence-electron chi connectivity index (χ4n) is 9.85. The lowest BCUT2D eigenvalue weighted by atomic mass is 9.86. The lowest BCUT2D eigenvalue weighted by Crippen LogP contribution is -1.95. The van der Waals surface area contributed by atoms with Crippen molar-refractivity contribution in [2.45, 2.75) is 6.42 Å². The maximum Gasteiger partial charge on any atom is 0.0547 e. The minimum Gasteiger partial charge on any atom is -0.309 e. The van der Waals surface area contributed by atoms with Crippen molar-refractivity contribution >= 4 is 43.4 Å². The van der Waals surface area contributed by atoms with Crippen LogP contribution >= 0.6 is 0 Å². The SMILES string of the molecule is c1ccc(-c2c3ccccc3c(-c3ccc(-n4c5ccccc5c5ccc(-c6cccc(-c7cccc8c7Cc7ccccc7-8)c6)cc54)cc3)c3ccccc23)cc1. The zero-order chi connectivity index (χ0) is 38.2. The van der Waals surface area contributed by atoms with Gasteiger partial charge in [-0.25, -0.2) is 0 Å². The van der Waals surface area contributed by atoms with Crippen LogP contribution in [0.2, 0.25) is 0 Å². The minimum absolute atomic E-state index is 0.974. The van der Waals surface area contributed by atoms with E-state index >= 15 is 0 Å². The van der Waals surface area contributed by atoms with Crippen LogP contribution in [-0.4, -0.2) is 4.57 Å². The van der Waals surface area contributed by atoms with E-state index in [9.17, 15) is 0 Å². The molecule has 11 aromatic rings. The molecule has 1 heterocycles. The second kappa shape index (κ2) is 13.0. The van der Waals surface area contributed by atoms with E-state index in [1.165, 1.54) is 110 Å². The number of fused-ring (bicyclic) bond motifs is 8. The highest BCUT2D eigenvalue weighted by Crippen LogP contribution is 2.45. The molecule has 0 bridgehead atoms. The smallest absolute Gasteiger partial charge is 0.0547 e. The Morgan fingerprint density at radius 1 is 0.293 bits per heavy atom. The molecular formula is C57H37N. The maximum atomic E-state index is 2.44. The second-order valence-corrected chi connectivity index (χ2v) is 15.6. The molecule has 12 rings (SSSR count). The molecule has 0 unspecified atom stereocenters. The van der Waals surface area contributed by atoms with Crippen LogP contribution in [0.25, 0.3) is 105 Å². The van der Waals surface area contributed by atoms with E-state index in [0.717, 1.165) is 12.1 Å². The van der Waals surface area contributed by atoms with Gasteiger partial charge < -0.3 is 4.57 Å². The third-order valence-corrected chi connectivity index (χ3v) is 12.4. The fraction of sp³-hybridized carbons (Fsp3) is 0.0175. The van der Waals surface area contributed by atoms with Crippen molar-refractivity contribution in [2.75, 3.05) is 0 Å². The highest BCUT2D eigenvalue weighted by atomic mass is 15.0. The van der Waals surface area contributed by atoms with Crippen LogP contribution in [0.1, 0.15) is 11.1 Å². The summed E-state index contributed by atoms with van der Waals surface area (Å²) in [5.74, 6) is 0. The van der Waals surface area contributed by atoms with Gasteiger partial charge in [0.2, 0.25) is 0 Å². The quantitative estimate of drug-likeness (QED) is 0.155. The first-order chi connectivity index (χ1) is 28.8. The fourth-order valence-corrected chi connectivity index (χ4v) is 9.85. The average molecular weight is 736 g/mol. The molecule has 0 atom stereocenters. The summed E-state index contributed by atoms with van der Waals surface area (Å²) in [7, 11) is 0. The van der Waals surface area contributed by atoms with Gasteiger partial charge in [-0.2, -0.15) is 0 Å². The van der Waals surface area contributed by atoms with Gasteiger partial charge in [0.25, 0.3) is 0 Å². The summed E-state index contributed by atoms with van der Waals surface area (Å²) in [6, 6.07) is 78.3. The molecule has 0 saturated heterocycles. The Kier molecular flexibility index (Phi) is 7.36. The van der Waals surface area contributed by atoms with Crippen LogP contribution in [0.4, 0.5) is 0 Å². The third kappa shape index (κ3) is 5.03. The van der Waals surface area contributed by atoms with Crippen molar-refractivity contribution in [1.29, 1.82) is 0 Å². The number of hydrogen-bond donors (Lipinski definition) is 0. The Bertz CT molecular complexity index is 3350. The molecule has 0 spiro atoms. The number of benzene rings is 10. The van der Waals surface area contributed by atoms with Crippen molar-refractivity contribution in [1.82, 2.24) is 4.57 Å². The van der Waals surface area contributed by atoms with Crippen LogP contribution in [0.3, 0.4) is 0 Å². The van der Waals surface area contributed by atoms with Gasteiger partial charge in [0.15, 0.2) is 0 Å². The molecule has 0 saturated carbocycles. The number of hydrogen-bond acceptors (Lipinski definition) is 0. The van der Waals surface area contributed by atoms with E-state index in [1.807, 2.05) is 0 Å². The molecule has 0 fully saturated rings. The minimum atomic E-state index is 0.974. The molecule has 1 nitrogen and oxygen atoms in total. The summed E-state index contributed by atoms with van der Waals surface area (Å²) in [5.41, 5.74) is 19.1. The number of nitrogens with zero attached hydrogens (tertiary/aromatic N) is 1. The van der Waals surface area contributed by atoms with Crippen LogP contribution in [-0.2, 0) is 6.42 Å². The molecule has 58 heavy (non-hydrogen) atoms. The molecule has 1 aliphatic carbocycles. The highest BCUT2D eigenvalue weighted by molar-refractivity contribution is 6.21. The zero-order valence-corrected chi connectivity index (χ0v) is 31.9. The van der Waals surface area contributed by atoms with Crippen molar-refractivity contribution in [3.05, 3.63) is 223 Å². The third-order valence-electron chi connectivity index (χ3n) is 12.4. The van der Waals surface area contributed by atoms with Gasteiger partial charge in [-0.1, -0.05) is 182 Å². The lowest BCUT2D eigenvalue weighted by molar-refractivity contribution is 1.18. The van der Waals surface area contributed by atoms with E-state index in [4.69, 9.17) is 0 Å². The van der Waals surface area contributed by atoms with Crippen molar-refractivity contribution in [3.8, 4) is 61.3 Å².